The predicted octanol–water partition coefficient (Wildman–Crippen LogP) is 4.09. The molecule has 0 radical (unpaired) electrons. The lowest BCUT2D eigenvalue weighted by Crippen LogP contribution is -2.15. The van der Waals surface area contributed by atoms with E-state index in [1.165, 1.54) is 12.1 Å². The van der Waals surface area contributed by atoms with Crippen LogP contribution in [0.1, 0.15) is 20.7 Å². The van der Waals surface area contributed by atoms with Crippen LogP contribution in [0.3, 0.4) is 0 Å². The van der Waals surface area contributed by atoms with Gasteiger partial charge < -0.3 is 19.9 Å². The zero-order chi connectivity index (χ0) is 19.8. The van der Waals surface area contributed by atoms with E-state index >= 15 is 0 Å². The quantitative estimate of drug-likeness (QED) is 0.578. The SMILES string of the molecule is O=C(O)c1ccc(NC(=O)c2ccccc2OCCOc2ccccc2)cc1. The number of carboxylic acid groups (broad SMARTS) is 1. The first kappa shape index (κ1) is 19.0. The average molecular weight is 377 g/mol. The maximum absolute atomic E-state index is 12.6. The number of anilines is 1. The first-order chi connectivity index (χ1) is 13.6. The second kappa shape index (κ2) is 9.23. The van der Waals surface area contributed by atoms with Crippen molar-refractivity contribution in [2.75, 3.05) is 18.5 Å². The van der Waals surface area contributed by atoms with E-state index in [1.54, 1.807) is 36.4 Å². The number of aromatic carboxylic acids is 1. The van der Waals surface area contributed by atoms with Gasteiger partial charge >= 0.3 is 5.97 Å². The van der Waals surface area contributed by atoms with Crippen molar-refractivity contribution in [1.82, 2.24) is 0 Å². The number of para-hydroxylation sites is 2. The number of hydrogen-bond acceptors (Lipinski definition) is 4. The van der Waals surface area contributed by atoms with E-state index in [9.17, 15) is 9.59 Å². The minimum Gasteiger partial charge on any atom is -0.490 e. The molecule has 0 aliphatic heterocycles. The molecule has 0 saturated heterocycles. The first-order valence-electron chi connectivity index (χ1n) is 8.68. The van der Waals surface area contributed by atoms with Gasteiger partial charge in [-0.2, -0.15) is 0 Å². The summed E-state index contributed by atoms with van der Waals surface area (Å²) in [5.41, 5.74) is 1.03. The van der Waals surface area contributed by atoms with Crippen molar-refractivity contribution in [3.8, 4) is 11.5 Å². The number of ether oxygens (including phenoxy) is 2. The topological polar surface area (TPSA) is 84.9 Å². The van der Waals surface area contributed by atoms with Gasteiger partial charge in [-0.3, -0.25) is 4.79 Å². The van der Waals surface area contributed by atoms with E-state index in [0.29, 0.717) is 23.6 Å². The average Bonchev–Trinajstić information content (AvgIpc) is 2.72. The highest BCUT2D eigenvalue weighted by atomic mass is 16.5. The van der Waals surface area contributed by atoms with Gasteiger partial charge in [0.25, 0.3) is 5.91 Å². The van der Waals surface area contributed by atoms with E-state index in [0.717, 1.165) is 5.75 Å². The molecule has 0 bridgehead atoms. The van der Waals surface area contributed by atoms with Crippen LogP contribution < -0.4 is 14.8 Å². The zero-order valence-corrected chi connectivity index (χ0v) is 15.0. The first-order valence-corrected chi connectivity index (χ1v) is 8.68. The Kier molecular flexibility index (Phi) is 6.25. The molecular formula is C22H19NO5. The molecule has 3 rings (SSSR count). The lowest BCUT2D eigenvalue weighted by molar-refractivity contribution is 0.0696. The van der Waals surface area contributed by atoms with Gasteiger partial charge in [-0.15, -0.1) is 0 Å². The van der Waals surface area contributed by atoms with Crippen molar-refractivity contribution in [1.29, 1.82) is 0 Å². The molecule has 28 heavy (non-hydrogen) atoms. The van der Waals surface area contributed by atoms with Crippen LogP contribution >= 0.6 is 0 Å². The van der Waals surface area contributed by atoms with E-state index in [4.69, 9.17) is 14.6 Å². The van der Waals surface area contributed by atoms with Crippen molar-refractivity contribution < 1.29 is 24.2 Å². The van der Waals surface area contributed by atoms with Crippen molar-refractivity contribution in [3.63, 3.8) is 0 Å². The van der Waals surface area contributed by atoms with Crippen LogP contribution in [0.5, 0.6) is 11.5 Å². The van der Waals surface area contributed by atoms with Crippen LogP contribution in [-0.4, -0.2) is 30.2 Å². The highest BCUT2D eigenvalue weighted by Gasteiger charge is 2.13. The summed E-state index contributed by atoms with van der Waals surface area (Å²) in [6, 6.07) is 22.2. The Labute approximate surface area is 162 Å². The highest BCUT2D eigenvalue weighted by molar-refractivity contribution is 6.06. The smallest absolute Gasteiger partial charge is 0.335 e. The molecule has 0 spiro atoms. The number of rotatable bonds is 8. The third-order valence-corrected chi connectivity index (χ3v) is 3.87. The Balaban J connectivity index is 1.59. The number of carbonyl (C=O) groups excluding carboxylic acids is 1. The second-order valence-electron chi connectivity index (χ2n) is 5.84. The summed E-state index contributed by atoms with van der Waals surface area (Å²) in [6.45, 7) is 0.628. The summed E-state index contributed by atoms with van der Waals surface area (Å²) < 4.78 is 11.3. The molecule has 0 fully saturated rings. The van der Waals surface area contributed by atoms with Gasteiger partial charge in [0.1, 0.15) is 24.7 Å². The Hall–Kier alpha value is -3.80. The summed E-state index contributed by atoms with van der Waals surface area (Å²) in [5.74, 6) is -0.169. The summed E-state index contributed by atoms with van der Waals surface area (Å²) in [6.07, 6.45) is 0. The lowest BCUT2D eigenvalue weighted by atomic mass is 10.1. The van der Waals surface area contributed by atoms with E-state index < -0.39 is 5.97 Å². The fraction of sp³-hybridized carbons (Fsp3) is 0.0909. The second-order valence-corrected chi connectivity index (χ2v) is 5.84. The number of nitrogens with one attached hydrogen (secondary N) is 1. The fourth-order valence-electron chi connectivity index (χ4n) is 2.50. The molecule has 0 unspecified atom stereocenters. The number of hydrogen-bond donors (Lipinski definition) is 2. The van der Waals surface area contributed by atoms with E-state index in [-0.39, 0.29) is 18.1 Å². The molecular weight excluding hydrogens is 358 g/mol. The Bertz CT molecular complexity index is 939. The molecule has 6 nitrogen and oxygen atoms in total. The fourth-order valence-corrected chi connectivity index (χ4v) is 2.50. The number of benzene rings is 3. The Morgan fingerprint density at radius 1 is 0.786 bits per heavy atom. The monoisotopic (exact) mass is 377 g/mol. The zero-order valence-electron chi connectivity index (χ0n) is 15.0. The van der Waals surface area contributed by atoms with Gasteiger partial charge in [0.15, 0.2) is 0 Å². The molecule has 0 atom stereocenters. The van der Waals surface area contributed by atoms with Crippen LogP contribution in [0, 0.1) is 0 Å². The van der Waals surface area contributed by atoms with Crippen LogP contribution in [0.2, 0.25) is 0 Å². The summed E-state index contributed by atoms with van der Waals surface area (Å²) in [4.78, 5) is 23.5. The number of carbonyl (C=O) groups is 2. The molecule has 0 saturated carbocycles. The minimum absolute atomic E-state index is 0.153. The van der Waals surface area contributed by atoms with Crippen LogP contribution in [0.4, 0.5) is 5.69 Å². The molecule has 3 aromatic rings. The Morgan fingerprint density at radius 2 is 1.43 bits per heavy atom. The molecule has 6 heteroatoms. The molecule has 2 N–H and O–H groups in total. The van der Waals surface area contributed by atoms with Crippen molar-refractivity contribution in [2.24, 2.45) is 0 Å². The summed E-state index contributed by atoms with van der Waals surface area (Å²) in [5, 5.41) is 11.7. The van der Waals surface area contributed by atoms with Gasteiger partial charge in [-0.1, -0.05) is 30.3 Å². The molecule has 0 aromatic heterocycles. The lowest BCUT2D eigenvalue weighted by Gasteiger charge is -2.12. The molecule has 0 heterocycles. The van der Waals surface area contributed by atoms with Crippen molar-refractivity contribution >= 4 is 17.6 Å². The van der Waals surface area contributed by atoms with Gasteiger partial charge in [0.2, 0.25) is 0 Å². The maximum atomic E-state index is 12.6. The standard InChI is InChI=1S/C22H19NO5/c24-21(23-17-12-10-16(11-13-17)22(25)26)19-8-4-5-9-20(19)28-15-14-27-18-6-2-1-3-7-18/h1-13H,14-15H2,(H,23,24)(H,25,26). The van der Waals surface area contributed by atoms with Crippen molar-refractivity contribution in [3.05, 3.63) is 90.0 Å². The molecule has 1 amide bonds. The van der Waals surface area contributed by atoms with Gasteiger partial charge in [-0.25, -0.2) is 4.79 Å². The minimum atomic E-state index is -1.02. The third kappa shape index (κ3) is 5.11. The van der Waals surface area contributed by atoms with E-state index in [2.05, 4.69) is 5.32 Å². The molecule has 0 aliphatic carbocycles. The van der Waals surface area contributed by atoms with Gasteiger partial charge in [-0.05, 0) is 48.5 Å². The highest BCUT2D eigenvalue weighted by Crippen LogP contribution is 2.20. The Morgan fingerprint density at radius 3 is 2.14 bits per heavy atom. The number of carboxylic acids is 1. The van der Waals surface area contributed by atoms with Crippen LogP contribution in [0.25, 0.3) is 0 Å². The molecule has 3 aromatic carbocycles. The molecule has 0 aliphatic rings. The normalized spacial score (nSPS) is 10.1. The summed E-state index contributed by atoms with van der Waals surface area (Å²) in [7, 11) is 0. The van der Waals surface area contributed by atoms with Crippen LogP contribution in [0.15, 0.2) is 78.9 Å². The largest absolute Gasteiger partial charge is 0.490 e. The summed E-state index contributed by atoms with van der Waals surface area (Å²) >= 11 is 0. The molecule has 142 valence electrons. The van der Waals surface area contributed by atoms with Crippen molar-refractivity contribution in [2.45, 2.75) is 0 Å². The third-order valence-electron chi connectivity index (χ3n) is 3.87. The maximum Gasteiger partial charge on any atom is 0.335 e. The van der Waals surface area contributed by atoms with E-state index in [1.807, 2.05) is 30.3 Å². The van der Waals surface area contributed by atoms with Crippen LogP contribution in [-0.2, 0) is 0 Å². The van der Waals surface area contributed by atoms with Gasteiger partial charge in [0, 0.05) is 5.69 Å². The van der Waals surface area contributed by atoms with Gasteiger partial charge in [0.05, 0.1) is 11.1 Å². The predicted molar refractivity (Wildman–Crippen MR) is 105 cm³/mol. The number of amides is 1.